The molecule has 2 aromatic carbocycles. The Hall–Kier alpha value is -3.08. The lowest BCUT2D eigenvalue weighted by molar-refractivity contribution is -0.136. The molecule has 1 aliphatic rings. The quantitative estimate of drug-likeness (QED) is 0.572. The number of methoxy groups -OCH3 is 1. The Morgan fingerprint density at radius 1 is 1.15 bits per heavy atom. The van der Waals surface area contributed by atoms with E-state index in [9.17, 15) is 9.59 Å². The summed E-state index contributed by atoms with van der Waals surface area (Å²) in [6, 6.07) is 13.8. The van der Waals surface area contributed by atoms with Crippen molar-refractivity contribution in [3.05, 3.63) is 53.6 Å². The Kier molecular flexibility index (Phi) is 5.91. The number of hydrogen-bond donors (Lipinski definition) is 0. The van der Waals surface area contributed by atoms with Crippen LogP contribution in [0.15, 0.2) is 48.0 Å². The third-order valence-electron chi connectivity index (χ3n) is 4.52. The first kappa shape index (κ1) is 18.7. The van der Waals surface area contributed by atoms with Crippen LogP contribution in [0.4, 0.5) is 5.69 Å². The summed E-state index contributed by atoms with van der Waals surface area (Å²) in [6.07, 6.45) is 4.03. The summed E-state index contributed by atoms with van der Waals surface area (Å²) in [5, 5.41) is 0. The lowest BCUT2D eigenvalue weighted by Gasteiger charge is -2.18. The van der Waals surface area contributed by atoms with Crippen molar-refractivity contribution in [3.63, 3.8) is 0 Å². The van der Waals surface area contributed by atoms with Gasteiger partial charge in [-0.2, -0.15) is 0 Å². The first-order chi connectivity index (χ1) is 13.2. The summed E-state index contributed by atoms with van der Waals surface area (Å²) in [5.74, 6) is 0.479. The molecule has 0 aromatic heterocycles. The molecule has 0 atom stereocenters. The summed E-state index contributed by atoms with van der Waals surface area (Å²) < 4.78 is 10.5. The van der Waals surface area contributed by atoms with E-state index >= 15 is 0 Å². The Bertz CT molecular complexity index is 855. The molecule has 0 N–H and O–H groups in total. The molecular formula is C22H23NO4. The van der Waals surface area contributed by atoms with Crippen molar-refractivity contribution in [2.45, 2.75) is 19.8 Å². The molecule has 0 spiro atoms. The molecule has 140 valence electrons. The molecule has 5 nitrogen and oxygen atoms in total. The van der Waals surface area contributed by atoms with Gasteiger partial charge in [0.2, 0.25) is 6.41 Å². The van der Waals surface area contributed by atoms with Crippen LogP contribution in [-0.4, -0.2) is 32.6 Å². The van der Waals surface area contributed by atoms with Crippen LogP contribution in [0.25, 0.3) is 17.2 Å². The molecule has 1 heterocycles. The lowest BCUT2D eigenvalue weighted by atomic mass is 10.0. The highest BCUT2D eigenvalue weighted by atomic mass is 16.5. The zero-order chi connectivity index (χ0) is 19.2. The largest absolute Gasteiger partial charge is 0.494 e. The van der Waals surface area contributed by atoms with E-state index in [1.807, 2.05) is 48.5 Å². The van der Waals surface area contributed by atoms with E-state index in [1.165, 1.54) is 7.11 Å². The van der Waals surface area contributed by atoms with Gasteiger partial charge in [-0.05, 0) is 59.9 Å². The number of rotatable bonds is 6. The van der Waals surface area contributed by atoms with Gasteiger partial charge in [0.1, 0.15) is 5.75 Å². The van der Waals surface area contributed by atoms with Gasteiger partial charge in [0.15, 0.2) is 0 Å². The first-order valence-corrected chi connectivity index (χ1v) is 9.04. The van der Waals surface area contributed by atoms with Crippen LogP contribution in [0.5, 0.6) is 5.75 Å². The Balaban J connectivity index is 1.96. The minimum Gasteiger partial charge on any atom is -0.494 e. The summed E-state index contributed by atoms with van der Waals surface area (Å²) in [6.45, 7) is 3.21. The fraction of sp³-hybridized carbons (Fsp3) is 0.273. The maximum atomic E-state index is 12.0. The van der Waals surface area contributed by atoms with Crippen LogP contribution in [-0.2, 0) is 14.3 Å². The molecule has 0 unspecified atom stereocenters. The van der Waals surface area contributed by atoms with Crippen LogP contribution in [0, 0.1) is 0 Å². The normalized spacial score (nSPS) is 13.3. The van der Waals surface area contributed by atoms with Crippen molar-refractivity contribution in [1.82, 2.24) is 0 Å². The number of carbonyl (C=O) groups excluding carboxylic acids is 2. The van der Waals surface area contributed by atoms with Gasteiger partial charge in [0.05, 0.1) is 19.4 Å². The van der Waals surface area contributed by atoms with Crippen LogP contribution < -0.4 is 9.64 Å². The summed E-state index contributed by atoms with van der Waals surface area (Å²) >= 11 is 0. The molecule has 1 amide bonds. The van der Waals surface area contributed by atoms with Crippen molar-refractivity contribution >= 4 is 24.1 Å². The second-order valence-electron chi connectivity index (χ2n) is 6.36. The third-order valence-corrected chi connectivity index (χ3v) is 4.52. The van der Waals surface area contributed by atoms with Gasteiger partial charge < -0.3 is 14.4 Å². The van der Waals surface area contributed by atoms with E-state index < -0.39 is 0 Å². The number of ether oxygens (including phenoxy) is 2. The van der Waals surface area contributed by atoms with E-state index in [-0.39, 0.29) is 5.97 Å². The number of fused-ring (bicyclic) bond motifs is 1. The average Bonchev–Trinajstić information content (AvgIpc) is 2.90. The number of carbonyl (C=O) groups is 2. The van der Waals surface area contributed by atoms with E-state index in [1.54, 1.807) is 4.90 Å². The molecule has 0 bridgehead atoms. The molecule has 3 rings (SSSR count). The Labute approximate surface area is 159 Å². The SMILES string of the molecule is CCCOc1ccc(-c2ccc3c(c2)C=C(C(=O)OC)CCN3C=O)cc1. The maximum Gasteiger partial charge on any atom is 0.333 e. The predicted octanol–water partition coefficient (Wildman–Crippen LogP) is 4.07. The lowest BCUT2D eigenvalue weighted by Crippen LogP contribution is -2.23. The molecule has 0 saturated heterocycles. The monoisotopic (exact) mass is 365 g/mol. The van der Waals surface area contributed by atoms with Gasteiger partial charge in [-0.1, -0.05) is 25.1 Å². The molecule has 5 heteroatoms. The summed E-state index contributed by atoms with van der Waals surface area (Å²) in [5.41, 5.74) is 4.21. The molecule has 0 saturated carbocycles. The first-order valence-electron chi connectivity index (χ1n) is 9.04. The van der Waals surface area contributed by atoms with E-state index in [2.05, 4.69) is 6.92 Å². The fourth-order valence-corrected chi connectivity index (χ4v) is 3.10. The average molecular weight is 365 g/mol. The van der Waals surface area contributed by atoms with E-state index in [0.717, 1.165) is 41.0 Å². The molecule has 0 radical (unpaired) electrons. The standard InChI is InChI=1S/C22H23NO4/c1-3-12-27-20-7-4-16(5-8-20)17-6-9-21-19(13-17)14-18(22(25)26-2)10-11-23(21)15-24/h4-9,13-15H,3,10-12H2,1-2H3. The Morgan fingerprint density at radius 2 is 1.89 bits per heavy atom. The van der Waals surface area contributed by atoms with Crippen molar-refractivity contribution < 1.29 is 19.1 Å². The van der Waals surface area contributed by atoms with Crippen molar-refractivity contribution in [3.8, 4) is 16.9 Å². The Morgan fingerprint density at radius 3 is 2.56 bits per heavy atom. The summed E-state index contributed by atoms with van der Waals surface area (Å²) in [7, 11) is 1.37. The van der Waals surface area contributed by atoms with Crippen LogP contribution in [0.1, 0.15) is 25.3 Å². The van der Waals surface area contributed by atoms with Gasteiger partial charge in [-0.3, -0.25) is 4.79 Å². The number of benzene rings is 2. The van der Waals surface area contributed by atoms with Crippen LogP contribution in [0.3, 0.4) is 0 Å². The minimum atomic E-state index is -0.364. The summed E-state index contributed by atoms with van der Waals surface area (Å²) in [4.78, 5) is 25.1. The second-order valence-corrected chi connectivity index (χ2v) is 6.36. The van der Waals surface area contributed by atoms with Crippen molar-refractivity contribution in [1.29, 1.82) is 0 Å². The number of hydrogen-bond acceptors (Lipinski definition) is 4. The molecule has 0 aliphatic carbocycles. The smallest absolute Gasteiger partial charge is 0.333 e. The predicted molar refractivity (Wildman–Crippen MR) is 106 cm³/mol. The second kappa shape index (κ2) is 8.54. The van der Waals surface area contributed by atoms with E-state index in [4.69, 9.17) is 9.47 Å². The van der Waals surface area contributed by atoms with Crippen LogP contribution in [0.2, 0.25) is 0 Å². The fourth-order valence-electron chi connectivity index (χ4n) is 3.10. The van der Waals surface area contributed by atoms with Gasteiger partial charge in [0.25, 0.3) is 0 Å². The molecule has 1 aliphatic heterocycles. The van der Waals surface area contributed by atoms with E-state index in [0.29, 0.717) is 25.1 Å². The molecular weight excluding hydrogens is 342 g/mol. The molecule has 27 heavy (non-hydrogen) atoms. The number of esters is 1. The van der Waals surface area contributed by atoms with Crippen LogP contribution >= 0.6 is 0 Å². The number of anilines is 1. The minimum absolute atomic E-state index is 0.364. The molecule has 2 aromatic rings. The van der Waals surface area contributed by atoms with Gasteiger partial charge in [0, 0.05) is 12.1 Å². The molecule has 0 fully saturated rings. The number of amides is 1. The number of nitrogens with zero attached hydrogens (tertiary/aromatic N) is 1. The van der Waals surface area contributed by atoms with Gasteiger partial charge >= 0.3 is 5.97 Å². The van der Waals surface area contributed by atoms with Crippen molar-refractivity contribution in [2.24, 2.45) is 0 Å². The zero-order valence-corrected chi connectivity index (χ0v) is 15.6. The van der Waals surface area contributed by atoms with Crippen molar-refractivity contribution in [2.75, 3.05) is 25.2 Å². The highest BCUT2D eigenvalue weighted by molar-refractivity contribution is 5.97. The third kappa shape index (κ3) is 4.19. The van der Waals surface area contributed by atoms with Gasteiger partial charge in [-0.25, -0.2) is 4.79 Å². The maximum absolute atomic E-state index is 12.0. The highest BCUT2D eigenvalue weighted by Crippen LogP contribution is 2.32. The zero-order valence-electron chi connectivity index (χ0n) is 15.6. The van der Waals surface area contributed by atoms with Gasteiger partial charge in [-0.15, -0.1) is 0 Å². The highest BCUT2D eigenvalue weighted by Gasteiger charge is 2.20. The topological polar surface area (TPSA) is 55.8 Å².